The van der Waals surface area contributed by atoms with E-state index in [0.717, 1.165) is 34.8 Å². The van der Waals surface area contributed by atoms with Crippen molar-refractivity contribution >= 4 is 32.9 Å². The molecular formula is C14H15BrN2O2. The third kappa shape index (κ3) is 2.39. The first-order valence-electron chi connectivity index (χ1n) is 6.40. The van der Waals surface area contributed by atoms with Gasteiger partial charge in [0.25, 0.3) is 0 Å². The first-order valence-corrected chi connectivity index (χ1v) is 7.19. The molecule has 0 saturated heterocycles. The van der Waals surface area contributed by atoms with Crippen molar-refractivity contribution in [2.45, 2.75) is 32.7 Å². The number of carbonyl (C=O) groups is 1. The summed E-state index contributed by atoms with van der Waals surface area (Å²) in [6, 6.07) is 5.67. The number of hydrogen-bond acceptors (Lipinski definition) is 3. The molecule has 4 nitrogen and oxygen atoms in total. The average molecular weight is 323 g/mol. The number of nitrogens with zero attached hydrogens (tertiary/aromatic N) is 1. The molecule has 1 amide bonds. The van der Waals surface area contributed by atoms with Crippen LogP contribution < -0.4 is 5.32 Å². The topological polar surface area (TPSA) is 55.1 Å². The second-order valence-corrected chi connectivity index (χ2v) is 6.23. The van der Waals surface area contributed by atoms with Crippen LogP contribution in [0.15, 0.2) is 27.1 Å². The number of benzene rings is 1. The zero-order valence-electron chi connectivity index (χ0n) is 10.7. The van der Waals surface area contributed by atoms with Gasteiger partial charge in [0.15, 0.2) is 5.58 Å². The summed E-state index contributed by atoms with van der Waals surface area (Å²) in [5.74, 6) is 0.645. The van der Waals surface area contributed by atoms with Crippen LogP contribution in [0.5, 0.6) is 0 Å². The molecule has 100 valence electrons. The largest absolute Gasteiger partial charge is 0.439 e. The van der Waals surface area contributed by atoms with Crippen molar-refractivity contribution in [2.75, 3.05) is 0 Å². The minimum Gasteiger partial charge on any atom is -0.439 e. The standard InChI is InChI=1S/C14H15BrN2O2/c1-14(5-2-6-14)13(18)16-8-12-17-10-7-9(15)3-4-11(10)19-12/h3-4,7H,2,5-6,8H2,1H3,(H,16,18). The molecule has 1 heterocycles. The van der Waals surface area contributed by atoms with E-state index in [4.69, 9.17) is 4.42 Å². The Labute approximate surface area is 119 Å². The number of fused-ring (bicyclic) bond motifs is 1. The molecule has 0 bridgehead atoms. The SMILES string of the molecule is CC1(C(=O)NCc2nc3cc(Br)ccc3o2)CCC1. The van der Waals surface area contributed by atoms with Gasteiger partial charge in [0.2, 0.25) is 11.8 Å². The molecule has 2 aromatic rings. The lowest BCUT2D eigenvalue weighted by molar-refractivity contribution is -0.134. The summed E-state index contributed by atoms with van der Waals surface area (Å²) in [6.07, 6.45) is 3.08. The molecule has 0 aliphatic heterocycles. The Bertz CT molecular complexity index is 631. The Morgan fingerprint density at radius 1 is 1.53 bits per heavy atom. The summed E-state index contributed by atoms with van der Waals surface area (Å²) in [7, 11) is 0. The molecule has 1 aliphatic carbocycles. The number of oxazole rings is 1. The van der Waals surface area contributed by atoms with Gasteiger partial charge in [-0.05, 0) is 31.0 Å². The number of hydrogen-bond donors (Lipinski definition) is 1. The minimum atomic E-state index is -0.185. The predicted molar refractivity (Wildman–Crippen MR) is 75.5 cm³/mol. The zero-order chi connectivity index (χ0) is 13.5. The molecule has 1 aromatic heterocycles. The van der Waals surface area contributed by atoms with Crippen LogP contribution in [-0.2, 0) is 11.3 Å². The summed E-state index contributed by atoms with van der Waals surface area (Å²) >= 11 is 3.40. The Morgan fingerprint density at radius 2 is 2.32 bits per heavy atom. The van der Waals surface area contributed by atoms with Crippen molar-refractivity contribution in [3.8, 4) is 0 Å². The first-order chi connectivity index (χ1) is 9.07. The summed E-state index contributed by atoms with van der Waals surface area (Å²) in [4.78, 5) is 16.4. The van der Waals surface area contributed by atoms with E-state index in [1.165, 1.54) is 0 Å². The number of halogens is 1. The summed E-state index contributed by atoms with van der Waals surface area (Å²) in [5, 5.41) is 2.91. The van der Waals surface area contributed by atoms with Gasteiger partial charge in [-0.2, -0.15) is 0 Å². The third-order valence-corrected chi connectivity index (χ3v) is 4.29. The van der Waals surface area contributed by atoms with Crippen molar-refractivity contribution < 1.29 is 9.21 Å². The van der Waals surface area contributed by atoms with Gasteiger partial charge >= 0.3 is 0 Å². The van der Waals surface area contributed by atoms with Crippen LogP contribution in [0.4, 0.5) is 0 Å². The molecular weight excluding hydrogens is 308 g/mol. The van der Waals surface area contributed by atoms with E-state index in [2.05, 4.69) is 26.2 Å². The Balaban J connectivity index is 1.70. The van der Waals surface area contributed by atoms with E-state index in [0.29, 0.717) is 12.4 Å². The van der Waals surface area contributed by atoms with E-state index in [-0.39, 0.29) is 11.3 Å². The minimum absolute atomic E-state index is 0.0992. The van der Waals surface area contributed by atoms with E-state index in [1.807, 2.05) is 25.1 Å². The number of rotatable bonds is 3. The lowest BCUT2D eigenvalue weighted by Crippen LogP contribution is -2.43. The van der Waals surface area contributed by atoms with Crippen LogP contribution in [0.25, 0.3) is 11.1 Å². The average Bonchev–Trinajstić information content (AvgIpc) is 2.74. The highest BCUT2D eigenvalue weighted by Crippen LogP contribution is 2.40. The highest BCUT2D eigenvalue weighted by molar-refractivity contribution is 9.10. The molecule has 0 atom stereocenters. The second kappa shape index (κ2) is 4.63. The van der Waals surface area contributed by atoms with Gasteiger partial charge in [-0.3, -0.25) is 4.79 Å². The fourth-order valence-electron chi connectivity index (χ4n) is 2.33. The van der Waals surface area contributed by atoms with E-state index >= 15 is 0 Å². The second-order valence-electron chi connectivity index (χ2n) is 5.32. The van der Waals surface area contributed by atoms with Crippen LogP contribution in [-0.4, -0.2) is 10.9 Å². The monoisotopic (exact) mass is 322 g/mol. The fourth-order valence-corrected chi connectivity index (χ4v) is 2.68. The third-order valence-electron chi connectivity index (χ3n) is 3.80. The molecule has 0 spiro atoms. The normalized spacial score (nSPS) is 17.2. The van der Waals surface area contributed by atoms with E-state index in [1.54, 1.807) is 0 Å². The lowest BCUT2D eigenvalue weighted by Gasteiger charge is -2.36. The van der Waals surface area contributed by atoms with Gasteiger partial charge in [-0.25, -0.2) is 4.98 Å². The van der Waals surface area contributed by atoms with Gasteiger partial charge in [0.05, 0.1) is 6.54 Å². The van der Waals surface area contributed by atoms with Crippen molar-refractivity contribution in [3.05, 3.63) is 28.6 Å². The number of nitrogens with one attached hydrogen (secondary N) is 1. The highest BCUT2D eigenvalue weighted by Gasteiger charge is 2.39. The molecule has 1 aliphatic rings. The van der Waals surface area contributed by atoms with Gasteiger partial charge in [0.1, 0.15) is 5.52 Å². The summed E-state index contributed by atoms with van der Waals surface area (Å²) in [6.45, 7) is 2.36. The summed E-state index contributed by atoms with van der Waals surface area (Å²) < 4.78 is 6.55. The van der Waals surface area contributed by atoms with Crippen molar-refractivity contribution in [1.29, 1.82) is 0 Å². The molecule has 1 saturated carbocycles. The van der Waals surface area contributed by atoms with Crippen LogP contribution in [0.1, 0.15) is 32.1 Å². The zero-order valence-corrected chi connectivity index (χ0v) is 12.3. The number of carbonyl (C=O) groups excluding carboxylic acids is 1. The fraction of sp³-hybridized carbons (Fsp3) is 0.429. The molecule has 5 heteroatoms. The maximum absolute atomic E-state index is 12.0. The van der Waals surface area contributed by atoms with Crippen molar-refractivity contribution in [2.24, 2.45) is 5.41 Å². The maximum Gasteiger partial charge on any atom is 0.226 e. The molecule has 0 unspecified atom stereocenters. The molecule has 1 aromatic carbocycles. The maximum atomic E-state index is 12.0. The Kier molecular flexibility index (Phi) is 3.09. The van der Waals surface area contributed by atoms with Crippen molar-refractivity contribution in [3.63, 3.8) is 0 Å². The first kappa shape index (κ1) is 12.7. The molecule has 0 radical (unpaired) electrons. The quantitative estimate of drug-likeness (QED) is 0.942. The van der Waals surface area contributed by atoms with Crippen molar-refractivity contribution in [1.82, 2.24) is 10.3 Å². The predicted octanol–water partition coefficient (Wildman–Crippen LogP) is 3.40. The number of amides is 1. The molecule has 3 rings (SSSR count). The Hall–Kier alpha value is -1.36. The van der Waals surface area contributed by atoms with Gasteiger partial charge < -0.3 is 9.73 Å². The highest BCUT2D eigenvalue weighted by atomic mass is 79.9. The molecule has 19 heavy (non-hydrogen) atoms. The Morgan fingerprint density at radius 3 is 3.00 bits per heavy atom. The smallest absolute Gasteiger partial charge is 0.226 e. The van der Waals surface area contributed by atoms with Crippen LogP contribution in [0.3, 0.4) is 0 Å². The van der Waals surface area contributed by atoms with Gasteiger partial charge in [-0.1, -0.05) is 29.3 Å². The molecule has 1 N–H and O–H groups in total. The summed E-state index contributed by atoms with van der Waals surface area (Å²) in [5.41, 5.74) is 1.35. The molecule has 1 fully saturated rings. The van der Waals surface area contributed by atoms with E-state index < -0.39 is 0 Å². The van der Waals surface area contributed by atoms with Crippen LogP contribution in [0.2, 0.25) is 0 Å². The van der Waals surface area contributed by atoms with Crippen LogP contribution >= 0.6 is 15.9 Å². The van der Waals surface area contributed by atoms with Gasteiger partial charge in [0, 0.05) is 9.89 Å². The van der Waals surface area contributed by atoms with Crippen LogP contribution in [0, 0.1) is 5.41 Å². The lowest BCUT2D eigenvalue weighted by atomic mass is 9.70. The van der Waals surface area contributed by atoms with Gasteiger partial charge in [-0.15, -0.1) is 0 Å². The number of aromatic nitrogens is 1. The van der Waals surface area contributed by atoms with E-state index in [9.17, 15) is 4.79 Å².